The zero-order valence-corrected chi connectivity index (χ0v) is 15.5. The summed E-state index contributed by atoms with van der Waals surface area (Å²) in [5, 5.41) is 4.03. The van der Waals surface area contributed by atoms with E-state index >= 15 is 0 Å². The van der Waals surface area contributed by atoms with Crippen molar-refractivity contribution in [2.24, 2.45) is 0 Å². The number of halogens is 2. The van der Waals surface area contributed by atoms with Crippen molar-refractivity contribution in [2.45, 2.75) is 26.5 Å². The molecule has 0 unspecified atom stereocenters. The third-order valence-electron chi connectivity index (χ3n) is 3.41. The van der Waals surface area contributed by atoms with Crippen LogP contribution in [0.1, 0.15) is 24.5 Å². The van der Waals surface area contributed by atoms with E-state index in [2.05, 4.69) is 5.32 Å². The molecule has 5 heteroatoms. The van der Waals surface area contributed by atoms with Crippen LogP contribution < -0.4 is 10.1 Å². The molecule has 1 N–H and O–H groups in total. The molecular formula is C19H25Cl2NO2. The van der Waals surface area contributed by atoms with Crippen LogP contribution in [0.5, 0.6) is 5.75 Å². The minimum atomic E-state index is 0. The van der Waals surface area contributed by atoms with Gasteiger partial charge in [0.15, 0.2) is 0 Å². The fraction of sp³-hybridized carbons (Fsp3) is 0.368. The number of nitrogens with one attached hydrogen (secondary N) is 1. The quantitative estimate of drug-likeness (QED) is 0.606. The van der Waals surface area contributed by atoms with Crippen molar-refractivity contribution in [1.29, 1.82) is 0 Å². The van der Waals surface area contributed by atoms with E-state index in [-0.39, 0.29) is 12.4 Å². The molecule has 3 nitrogen and oxygen atoms in total. The molecule has 0 aromatic heterocycles. The third-order valence-corrected chi connectivity index (χ3v) is 3.70. The van der Waals surface area contributed by atoms with Crippen LogP contribution in [0.4, 0.5) is 0 Å². The van der Waals surface area contributed by atoms with Gasteiger partial charge in [-0.05, 0) is 43.1 Å². The normalized spacial score (nSPS) is 10.2. The zero-order valence-electron chi connectivity index (χ0n) is 14.0. The summed E-state index contributed by atoms with van der Waals surface area (Å²) in [6.07, 6.45) is 1.01. The average Bonchev–Trinajstić information content (AvgIpc) is 2.58. The van der Waals surface area contributed by atoms with E-state index in [4.69, 9.17) is 21.1 Å². The van der Waals surface area contributed by atoms with E-state index < -0.39 is 0 Å². The molecule has 2 aromatic carbocycles. The van der Waals surface area contributed by atoms with Gasteiger partial charge in [-0.3, -0.25) is 0 Å². The van der Waals surface area contributed by atoms with Crippen LogP contribution in [0.3, 0.4) is 0 Å². The molecule has 0 aliphatic carbocycles. The van der Waals surface area contributed by atoms with E-state index in [0.29, 0.717) is 11.6 Å². The number of benzene rings is 2. The van der Waals surface area contributed by atoms with Gasteiger partial charge in [0, 0.05) is 19.8 Å². The van der Waals surface area contributed by atoms with Crippen molar-refractivity contribution in [2.75, 3.05) is 19.8 Å². The highest BCUT2D eigenvalue weighted by molar-refractivity contribution is 6.32. The van der Waals surface area contributed by atoms with Crippen molar-refractivity contribution in [1.82, 2.24) is 5.32 Å². The van der Waals surface area contributed by atoms with Gasteiger partial charge in [0.2, 0.25) is 0 Å². The maximum Gasteiger partial charge on any atom is 0.138 e. The number of ether oxygens (including phenoxy) is 2. The topological polar surface area (TPSA) is 30.5 Å². The second-order valence-electron chi connectivity index (χ2n) is 5.27. The summed E-state index contributed by atoms with van der Waals surface area (Å²) in [4.78, 5) is 0. The summed E-state index contributed by atoms with van der Waals surface area (Å²) in [7, 11) is 0. The van der Waals surface area contributed by atoms with Crippen LogP contribution >= 0.6 is 24.0 Å². The smallest absolute Gasteiger partial charge is 0.138 e. The molecule has 0 spiro atoms. The Kier molecular flexibility index (Phi) is 10.5. The molecule has 0 saturated carbocycles. The largest absolute Gasteiger partial charge is 0.487 e. The fourth-order valence-electron chi connectivity index (χ4n) is 2.18. The van der Waals surface area contributed by atoms with Crippen LogP contribution in [-0.4, -0.2) is 19.8 Å². The summed E-state index contributed by atoms with van der Waals surface area (Å²) in [6.45, 7) is 5.84. The number of rotatable bonds is 10. The first kappa shape index (κ1) is 20.8. The SMILES string of the molecule is CCOCCCNCc1ccc(OCc2ccccc2)c(Cl)c1.Cl. The lowest BCUT2D eigenvalue weighted by Gasteiger charge is -2.10. The van der Waals surface area contributed by atoms with Crippen molar-refractivity contribution in [3.8, 4) is 5.75 Å². The maximum atomic E-state index is 6.30. The summed E-state index contributed by atoms with van der Waals surface area (Å²) >= 11 is 6.30. The summed E-state index contributed by atoms with van der Waals surface area (Å²) < 4.78 is 11.1. The highest BCUT2D eigenvalue weighted by Gasteiger charge is 2.04. The van der Waals surface area contributed by atoms with Gasteiger partial charge in [-0.15, -0.1) is 12.4 Å². The molecule has 0 radical (unpaired) electrons. The summed E-state index contributed by atoms with van der Waals surface area (Å²) in [5.41, 5.74) is 2.28. The zero-order chi connectivity index (χ0) is 16.3. The van der Waals surface area contributed by atoms with Gasteiger partial charge in [0.05, 0.1) is 5.02 Å². The fourth-order valence-corrected chi connectivity index (χ4v) is 2.44. The Morgan fingerprint density at radius 3 is 2.54 bits per heavy atom. The predicted octanol–water partition coefficient (Wildman–Crippen LogP) is 4.86. The Morgan fingerprint density at radius 1 is 1.04 bits per heavy atom. The maximum absolute atomic E-state index is 6.30. The Bertz CT molecular complexity index is 579. The lowest BCUT2D eigenvalue weighted by molar-refractivity contribution is 0.144. The lowest BCUT2D eigenvalue weighted by atomic mass is 10.2. The molecule has 24 heavy (non-hydrogen) atoms. The van der Waals surface area contributed by atoms with Gasteiger partial charge >= 0.3 is 0 Å². The van der Waals surface area contributed by atoms with Crippen LogP contribution in [0, 0.1) is 0 Å². The van der Waals surface area contributed by atoms with Crippen molar-refractivity contribution >= 4 is 24.0 Å². The van der Waals surface area contributed by atoms with E-state index in [1.165, 1.54) is 0 Å². The Morgan fingerprint density at radius 2 is 1.83 bits per heavy atom. The first-order valence-electron chi connectivity index (χ1n) is 8.03. The van der Waals surface area contributed by atoms with Gasteiger partial charge in [-0.1, -0.05) is 48.0 Å². The molecule has 2 aromatic rings. The van der Waals surface area contributed by atoms with Gasteiger partial charge in [0.1, 0.15) is 12.4 Å². The van der Waals surface area contributed by atoms with E-state index in [0.717, 1.165) is 49.6 Å². The van der Waals surface area contributed by atoms with Crippen LogP contribution in [0.25, 0.3) is 0 Å². The second-order valence-corrected chi connectivity index (χ2v) is 5.67. The highest BCUT2D eigenvalue weighted by atomic mass is 35.5. The van der Waals surface area contributed by atoms with Crippen LogP contribution in [-0.2, 0) is 17.9 Å². The molecule has 0 heterocycles. The third kappa shape index (κ3) is 7.54. The Balaban J connectivity index is 0.00000288. The van der Waals surface area contributed by atoms with E-state index in [1.807, 2.05) is 55.5 Å². The molecule has 0 aliphatic rings. The van der Waals surface area contributed by atoms with E-state index in [9.17, 15) is 0 Å². The minimum Gasteiger partial charge on any atom is -0.487 e. The van der Waals surface area contributed by atoms with Gasteiger partial charge in [-0.2, -0.15) is 0 Å². The first-order chi connectivity index (χ1) is 11.3. The van der Waals surface area contributed by atoms with Crippen LogP contribution in [0.2, 0.25) is 5.02 Å². The molecule has 0 amide bonds. The summed E-state index contributed by atoms with van der Waals surface area (Å²) in [5.74, 6) is 0.718. The monoisotopic (exact) mass is 369 g/mol. The molecule has 0 atom stereocenters. The minimum absolute atomic E-state index is 0. The predicted molar refractivity (Wildman–Crippen MR) is 102 cm³/mol. The van der Waals surface area contributed by atoms with Gasteiger partial charge in [-0.25, -0.2) is 0 Å². The van der Waals surface area contributed by atoms with Gasteiger partial charge in [0.25, 0.3) is 0 Å². The standard InChI is InChI=1S/C19H24ClNO2.ClH/c1-2-22-12-6-11-21-14-17-9-10-19(18(20)13-17)23-15-16-7-4-3-5-8-16;/h3-5,7-10,13,21H,2,6,11-12,14-15H2,1H3;1H. The van der Waals surface area contributed by atoms with Crippen molar-refractivity contribution in [3.63, 3.8) is 0 Å². The second kappa shape index (κ2) is 12.2. The van der Waals surface area contributed by atoms with Gasteiger partial charge < -0.3 is 14.8 Å². The highest BCUT2D eigenvalue weighted by Crippen LogP contribution is 2.26. The van der Waals surface area contributed by atoms with Crippen LogP contribution in [0.15, 0.2) is 48.5 Å². The number of hydrogen-bond acceptors (Lipinski definition) is 3. The van der Waals surface area contributed by atoms with Crippen molar-refractivity contribution in [3.05, 3.63) is 64.7 Å². The Labute approximate surface area is 155 Å². The molecule has 132 valence electrons. The molecule has 0 aliphatic heterocycles. The molecule has 0 fully saturated rings. The molecule has 0 bridgehead atoms. The molecular weight excluding hydrogens is 345 g/mol. The Hall–Kier alpha value is -1.26. The molecule has 2 rings (SSSR count). The van der Waals surface area contributed by atoms with Crippen molar-refractivity contribution < 1.29 is 9.47 Å². The number of hydrogen-bond donors (Lipinski definition) is 1. The van der Waals surface area contributed by atoms with E-state index in [1.54, 1.807) is 0 Å². The molecule has 0 saturated heterocycles. The lowest BCUT2D eigenvalue weighted by Crippen LogP contribution is -2.16. The average molecular weight is 370 g/mol. The first-order valence-corrected chi connectivity index (χ1v) is 8.41. The summed E-state index contributed by atoms with van der Waals surface area (Å²) in [6, 6.07) is 16.0.